The molecule has 0 saturated carbocycles. The molecule has 17 heavy (non-hydrogen) atoms. The molecule has 1 heterocycles. The van der Waals surface area contributed by atoms with Crippen molar-refractivity contribution in [3.8, 4) is 0 Å². The molecule has 2 rings (SSSR count). The van der Waals surface area contributed by atoms with Crippen LogP contribution in [-0.2, 0) is 6.54 Å². The van der Waals surface area contributed by atoms with Gasteiger partial charge in [-0.3, -0.25) is 4.79 Å². The van der Waals surface area contributed by atoms with Crippen molar-refractivity contribution in [2.45, 2.75) is 25.8 Å². The minimum atomic E-state index is -0.343. The maximum Gasteiger partial charge on any atom is 0.249 e. The molecule has 0 spiro atoms. The highest BCUT2D eigenvalue weighted by atomic mass is 32.1. The average molecular weight is 250 g/mol. The second-order valence-corrected chi connectivity index (χ2v) is 5.44. The highest BCUT2D eigenvalue weighted by Crippen LogP contribution is 2.18. The molecule has 0 aromatic carbocycles. The summed E-state index contributed by atoms with van der Waals surface area (Å²) in [7, 11) is 0. The lowest BCUT2D eigenvalue weighted by molar-refractivity contribution is 0.100. The van der Waals surface area contributed by atoms with Crippen LogP contribution in [0.4, 0.5) is 0 Å². The first-order chi connectivity index (χ1) is 8.25. The van der Waals surface area contributed by atoms with E-state index in [0.717, 1.165) is 19.0 Å². The summed E-state index contributed by atoms with van der Waals surface area (Å²) in [5.74, 6) is 0.417. The van der Waals surface area contributed by atoms with Crippen molar-refractivity contribution in [3.05, 3.63) is 34.0 Å². The quantitative estimate of drug-likeness (QED) is 0.788. The fourth-order valence-corrected chi connectivity index (χ4v) is 2.89. The number of hydrogen-bond acceptors (Lipinski definition) is 3. The summed E-state index contributed by atoms with van der Waals surface area (Å²) < 4.78 is 0. The summed E-state index contributed by atoms with van der Waals surface area (Å²) in [6.45, 7) is 1.88. The van der Waals surface area contributed by atoms with Gasteiger partial charge in [-0.15, -0.1) is 11.3 Å². The molecule has 0 bridgehead atoms. The maximum absolute atomic E-state index is 10.9. The van der Waals surface area contributed by atoms with Gasteiger partial charge in [0, 0.05) is 16.8 Å². The largest absolute Gasteiger partial charge is 0.366 e. The molecule has 1 aromatic rings. The molecule has 1 aliphatic carbocycles. The third kappa shape index (κ3) is 3.68. The summed E-state index contributed by atoms with van der Waals surface area (Å²) in [6, 6.07) is 1.88. The van der Waals surface area contributed by atoms with Crippen LogP contribution in [0, 0.1) is 5.92 Å². The van der Waals surface area contributed by atoms with E-state index in [2.05, 4.69) is 17.5 Å². The highest BCUT2D eigenvalue weighted by Gasteiger charge is 2.09. The highest BCUT2D eigenvalue weighted by molar-refractivity contribution is 7.10. The van der Waals surface area contributed by atoms with E-state index >= 15 is 0 Å². The van der Waals surface area contributed by atoms with E-state index in [1.165, 1.54) is 24.1 Å². The summed E-state index contributed by atoms with van der Waals surface area (Å²) in [6.07, 6.45) is 8.20. The van der Waals surface area contributed by atoms with Crippen molar-refractivity contribution >= 4 is 17.2 Å². The van der Waals surface area contributed by atoms with Crippen LogP contribution in [0.2, 0.25) is 0 Å². The first-order valence-electron chi connectivity index (χ1n) is 5.98. The summed E-state index contributed by atoms with van der Waals surface area (Å²) in [4.78, 5) is 12.1. The van der Waals surface area contributed by atoms with Crippen LogP contribution in [0.25, 0.3) is 0 Å². The molecule has 3 N–H and O–H groups in total. The van der Waals surface area contributed by atoms with Gasteiger partial charge in [0.25, 0.3) is 0 Å². The van der Waals surface area contributed by atoms with Gasteiger partial charge in [0.2, 0.25) is 5.91 Å². The molecule has 0 saturated heterocycles. The van der Waals surface area contributed by atoms with Gasteiger partial charge in [-0.05, 0) is 37.8 Å². The Balaban J connectivity index is 1.73. The van der Waals surface area contributed by atoms with Crippen molar-refractivity contribution in [3.63, 3.8) is 0 Å². The van der Waals surface area contributed by atoms with Crippen LogP contribution < -0.4 is 11.1 Å². The Morgan fingerprint density at radius 2 is 2.41 bits per heavy atom. The zero-order chi connectivity index (χ0) is 12.1. The minimum Gasteiger partial charge on any atom is -0.366 e. The lowest BCUT2D eigenvalue weighted by atomic mass is 9.94. The number of nitrogens with two attached hydrogens (primary N) is 1. The van der Waals surface area contributed by atoms with Crippen molar-refractivity contribution in [2.24, 2.45) is 11.7 Å². The summed E-state index contributed by atoms with van der Waals surface area (Å²) >= 11 is 1.59. The third-order valence-electron chi connectivity index (χ3n) is 3.05. The van der Waals surface area contributed by atoms with Crippen LogP contribution in [0.5, 0.6) is 0 Å². The molecular weight excluding hydrogens is 232 g/mol. The van der Waals surface area contributed by atoms with E-state index in [0.29, 0.717) is 5.56 Å². The zero-order valence-corrected chi connectivity index (χ0v) is 10.6. The number of carbonyl (C=O) groups excluding carboxylic acids is 1. The Hall–Kier alpha value is -1.13. The molecule has 0 fully saturated rings. The third-order valence-corrected chi connectivity index (χ3v) is 3.98. The predicted molar refractivity (Wildman–Crippen MR) is 71.0 cm³/mol. The van der Waals surface area contributed by atoms with Crippen LogP contribution >= 0.6 is 11.3 Å². The van der Waals surface area contributed by atoms with E-state index in [9.17, 15) is 4.79 Å². The normalized spacial score (nSPS) is 19.4. The van der Waals surface area contributed by atoms with E-state index < -0.39 is 0 Å². The van der Waals surface area contributed by atoms with Gasteiger partial charge < -0.3 is 11.1 Å². The van der Waals surface area contributed by atoms with E-state index in [1.807, 2.05) is 11.4 Å². The fourth-order valence-electron chi connectivity index (χ4n) is 2.04. The first-order valence-corrected chi connectivity index (χ1v) is 6.86. The standard InChI is InChI=1S/C13H18N2OS/c14-13(16)11-6-12(17-9-11)8-15-7-10-4-2-1-3-5-10/h1-2,6,9-10,15H,3-5,7-8H2,(H2,14,16). The predicted octanol–water partition coefficient (Wildman–Crippen LogP) is 2.29. The lowest BCUT2D eigenvalue weighted by Crippen LogP contribution is -2.22. The molecule has 4 heteroatoms. The van der Waals surface area contributed by atoms with E-state index in [1.54, 1.807) is 11.3 Å². The van der Waals surface area contributed by atoms with Gasteiger partial charge in [0.15, 0.2) is 0 Å². The number of amides is 1. The van der Waals surface area contributed by atoms with E-state index in [4.69, 9.17) is 5.73 Å². The number of thiophene rings is 1. The lowest BCUT2D eigenvalue weighted by Gasteiger charge is -2.17. The maximum atomic E-state index is 10.9. The average Bonchev–Trinajstić information content (AvgIpc) is 2.79. The number of hydrogen-bond donors (Lipinski definition) is 2. The van der Waals surface area contributed by atoms with E-state index in [-0.39, 0.29) is 5.91 Å². The van der Waals surface area contributed by atoms with Crippen LogP contribution in [0.15, 0.2) is 23.6 Å². The van der Waals surface area contributed by atoms with Gasteiger partial charge in [0.05, 0.1) is 5.56 Å². The molecule has 1 unspecified atom stereocenters. The van der Waals surface area contributed by atoms with Crippen molar-refractivity contribution in [1.82, 2.24) is 5.32 Å². The number of nitrogens with one attached hydrogen (secondary N) is 1. The molecule has 0 radical (unpaired) electrons. The smallest absolute Gasteiger partial charge is 0.249 e. The Morgan fingerprint density at radius 1 is 1.53 bits per heavy atom. The number of rotatable bonds is 5. The van der Waals surface area contributed by atoms with Crippen LogP contribution in [0.3, 0.4) is 0 Å². The number of primary amides is 1. The van der Waals surface area contributed by atoms with Crippen LogP contribution in [-0.4, -0.2) is 12.5 Å². The van der Waals surface area contributed by atoms with Gasteiger partial charge in [-0.25, -0.2) is 0 Å². The molecule has 1 atom stereocenters. The Kier molecular flexibility index (Phi) is 4.34. The molecule has 3 nitrogen and oxygen atoms in total. The molecule has 1 amide bonds. The number of carbonyl (C=O) groups is 1. The molecule has 1 aromatic heterocycles. The molecule has 0 aliphatic heterocycles. The zero-order valence-electron chi connectivity index (χ0n) is 9.82. The SMILES string of the molecule is NC(=O)c1csc(CNCC2CC=CCC2)c1. The monoisotopic (exact) mass is 250 g/mol. The summed E-state index contributed by atoms with van der Waals surface area (Å²) in [5, 5.41) is 5.27. The Morgan fingerprint density at radius 3 is 3.06 bits per heavy atom. The van der Waals surface area contributed by atoms with Crippen molar-refractivity contribution < 1.29 is 4.79 Å². The molecule has 1 aliphatic rings. The van der Waals surface area contributed by atoms with Crippen LogP contribution in [0.1, 0.15) is 34.5 Å². The minimum absolute atomic E-state index is 0.343. The molecule has 92 valence electrons. The fraction of sp³-hybridized carbons (Fsp3) is 0.462. The van der Waals surface area contributed by atoms with Gasteiger partial charge in [-0.1, -0.05) is 12.2 Å². The Bertz CT molecular complexity index is 411. The Labute approximate surface area is 106 Å². The second kappa shape index (κ2) is 5.98. The van der Waals surface area contributed by atoms with Gasteiger partial charge >= 0.3 is 0 Å². The van der Waals surface area contributed by atoms with Gasteiger partial charge in [0.1, 0.15) is 0 Å². The van der Waals surface area contributed by atoms with Crippen molar-refractivity contribution in [2.75, 3.05) is 6.54 Å². The topological polar surface area (TPSA) is 55.1 Å². The number of allylic oxidation sites excluding steroid dienone is 2. The molecular formula is C13H18N2OS. The van der Waals surface area contributed by atoms with Gasteiger partial charge in [-0.2, -0.15) is 0 Å². The summed E-state index contributed by atoms with van der Waals surface area (Å²) in [5.41, 5.74) is 5.83. The second-order valence-electron chi connectivity index (χ2n) is 4.45. The first kappa shape index (κ1) is 12.3. The van der Waals surface area contributed by atoms with Crippen molar-refractivity contribution in [1.29, 1.82) is 0 Å².